The first-order valence-electron chi connectivity index (χ1n) is 6.81. The summed E-state index contributed by atoms with van der Waals surface area (Å²) in [6.45, 7) is 7.11. The van der Waals surface area contributed by atoms with Crippen LogP contribution in [0.4, 0.5) is 0 Å². The number of para-hydroxylation sites is 1. The van der Waals surface area contributed by atoms with E-state index < -0.39 is 0 Å². The fourth-order valence-corrected chi connectivity index (χ4v) is 2.12. The van der Waals surface area contributed by atoms with Gasteiger partial charge < -0.3 is 10.1 Å². The minimum atomic E-state index is 0.0425. The predicted molar refractivity (Wildman–Crippen MR) is 89.6 cm³/mol. The van der Waals surface area contributed by atoms with E-state index in [1.165, 1.54) is 0 Å². The molecule has 0 aromatic heterocycles. The Kier molecular flexibility index (Phi) is 5.15. The lowest BCUT2D eigenvalue weighted by Crippen LogP contribution is -2.35. The zero-order chi connectivity index (χ0) is 15.5. The molecule has 0 heterocycles. The minimum absolute atomic E-state index is 0.0425. The van der Waals surface area contributed by atoms with Crippen molar-refractivity contribution in [1.82, 2.24) is 5.32 Å². The molecule has 1 N–H and O–H groups in total. The zero-order valence-electron chi connectivity index (χ0n) is 12.4. The molecule has 0 aliphatic carbocycles. The molecule has 2 rings (SSSR count). The summed E-state index contributed by atoms with van der Waals surface area (Å²) >= 11 is 12.2. The predicted octanol–water partition coefficient (Wildman–Crippen LogP) is 5.67. The molecule has 0 fully saturated rings. The van der Waals surface area contributed by atoms with E-state index in [9.17, 15) is 0 Å². The third kappa shape index (κ3) is 4.63. The SMILES string of the molecule is CC(C)(C)NCc1ccccc1Oc1cccc(Cl)c1Cl. The van der Waals surface area contributed by atoms with Crippen molar-refractivity contribution in [3.63, 3.8) is 0 Å². The third-order valence-electron chi connectivity index (χ3n) is 2.92. The topological polar surface area (TPSA) is 21.3 Å². The van der Waals surface area contributed by atoms with E-state index in [1.54, 1.807) is 6.07 Å². The average Bonchev–Trinajstić information content (AvgIpc) is 2.42. The summed E-state index contributed by atoms with van der Waals surface area (Å²) in [5.41, 5.74) is 1.12. The monoisotopic (exact) mass is 323 g/mol. The Balaban J connectivity index is 2.22. The van der Waals surface area contributed by atoms with Gasteiger partial charge in [-0.05, 0) is 39.0 Å². The quantitative estimate of drug-likeness (QED) is 0.782. The van der Waals surface area contributed by atoms with Crippen molar-refractivity contribution in [1.29, 1.82) is 0 Å². The Labute approximate surface area is 136 Å². The van der Waals surface area contributed by atoms with Crippen LogP contribution in [0, 0.1) is 0 Å². The van der Waals surface area contributed by atoms with Crippen LogP contribution in [0.25, 0.3) is 0 Å². The summed E-state index contributed by atoms with van der Waals surface area (Å²) in [5.74, 6) is 1.34. The fraction of sp³-hybridized carbons (Fsp3) is 0.294. The Bertz CT molecular complexity index is 620. The molecule has 0 unspecified atom stereocenters. The van der Waals surface area contributed by atoms with Gasteiger partial charge in [-0.2, -0.15) is 0 Å². The molecule has 0 spiro atoms. The van der Waals surface area contributed by atoms with E-state index in [-0.39, 0.29) is 5.54 Å². The standard InChI is InChI=1S/C17H19Cl2NO/c1-17(2,3)20-11-12-7-4-5-9-14(12)21-15-10-6-8-13(18)16(15)19/h4-10,20H,11H2,1-3H3. The maximum absolute atomic E-state index is 6.17. The summed E-state index contributed by atoms with van der Waals surface area (Å²) in [4.78, 5) is 0. The number of ether oxygens (including phenoxy) is 1. The highest BCUT2D eigenvalue weighted by Crippen LogP contribution is 2.35. The molecule has 0 amide bonds. The molecule has 0 atom stereocenters. The first-order chi connectivity index (χ1) is 9.87. The number of hydrogen-bond acceptors (Lipinski definition) is 2. The molecule has 4 heteroatoms. The maximum atomic E-state index is 6.17. The molecule has 0 radical (unpaired) electrons. The van der Waals surface area contributed by atoms with Crippen molar-refractivity contribution in [2.45, 2.75) is 32.9 Å². The second-order valence-electron chi connectivity index (χ2n) is 5.87. The maximum Gasteiger partial charge on any atom is 0.147 e. The molecule has 2 nitrogen and oxygen atoms in total. The van der Waals surface area contributed by atoms with Gasteiger partial charge in [0.05, 0.1) is 5.02 Å². The molecule has 2 aromatic rings. The van der Waals surface area contributed by atoms with Gasteiger partial charge in [-0.1, -0.05) is 47.5 Å². The van der Waals surface area contributed by atoms with Crippen LogP contribution >= 0.6 is 23.2 Å². The first-order valence-corrected chi connectivity index (χ1v) is 7.57. The van der Waals surface area contributed by atoms with Crippen molar-refractivity contribution in [2.24, 2.45) is 0 Å². The normalized spacial score (nSPS) is 11.5. The van der Waals surface area contributed by atoms with E-state index in [1.807, 2.05) is 36.4 Å². The third-order valence-corrected chi connectivity index (χ3v) is 3.72. The molecule has 2 aromatic carbocycles. The van der Waals surface area contributed by atoms with E-state index in [0.717, 1.165) is 17.9 Å². The second kappa shape index (κ2) is 6.69. The molecule has 0 bridgehead atoms. The highest BCUT2D eigenvalue weighted by Gasteiger charge is 2.12. The van der Waals surface area contributed by atoms with Gasteiger partial charge in [0.1, 0.15) is 16.5 Å². The average molecular weight is 324 g/mol. The highest BCUT2D eigenvalue weighted by molar-refractivity contribution is 6.42. The lowest BCUT2D eigenvalue weighted by atomic mass is 10.1. The number of halogens is 2. The second-order valence-corrected chi connectivity index (χ2v) is 6.65. The van der Waals surface area contributed by atoms with E-state index in [2.05, 4.69) is 26.1 Å². The van der Waals surface area contributed by atoms with E-state index in [0.29, 0.717) is 15.8 Å². The van der Waals surface area contributed by atoms with Crippen molar-refractivity contribution in [3.8, 4) is 11.5 Å². The lowest BCUT2D eigenvalue weighted by Gasteiger charge is -2.21. The van der Waals surface area contributed by atoms with Crippen LogP contribution in [0.1, 0.15) is 26.3 Å². The number of nitrogens with one attached hydrogen (secondary N) is 1. The number of benzene rings is 2. The van der Waals surface area contributed by atoms with Crippen LogP contribution in [-0.4, -0.2) is 5.54 Å². The molecule has 112 valence electrons. The molecule has 0 saturated carbocycles. The fourth-order valence-electron chi connectivity index (χ4n) is 1.79. The lowest BCUT2D eigenvalue weighted by molar-refractivity contribution is 0.414. The summed E-state index contributed by atoms with van der Waals surface area (Å²) in [5, 5.41) is 4.37. The molecule has 0 saturated heterocycles. The molecule has 0 aliphatic rings. The first kappa shape index (κ1) is 16.2. The van der Waals surface area contributed by atoms with Crippen LogP contribution in [-0.2, 0) is 6.54 Å². The Hall–Kier alpha value is -1.22. The minimum Gasteiger partial charge on any atom is -0.455 e. The highest BCUT2D eigenvalue weighted by atomic mass is 35.5. The van der Waals surface area contributed by atoms with E-state index in [4.69, 9.17) is 27.9 Å². The van der Waals surface area contributed by atoms with Crippen molar-refractivity contribution >= 4 is 23.2 Å². The van der Waals surface area contributed by atoms with E-state index >= 15 is 0 Å². The summed E-state index contributed by atoms with van der Waals surface area (Å²) in [7, 11) is 0. The Morgan fingerprint density at radius 2 is 1.62 bits per heavy atom. The van der Waals surface area contributed by atoms with Crippen molar-refractivity contribution in [3.05, 3.63) is 58.1 Å². The van der Waals surface area contributed by atoms with Gasteiger partial charge in [-0.3, -0.25) is 0 Å². The largest absolute Gasteiger partial charge is 0.455 e. The van der Waals surface area contributed by atoms with Gasteiger partial charge in [0.2, 0.25) is 0 Å². The van der Waals surface area contributed by atoms with Gasteiger partial charge in [0.25, 0.3) is 0 Å². The summed E-state index contributed by atoms with van der Waals surface area (Å²) in [6, 6.07) is 13.3. The van der Waals surface area contributed by atoms with Crippen LogP contribution < -0.4 is 10.1 Å². The van der Waals surface area contributed by atoms with Gasteiger partial charge in [0.15, 0.2) is 0 Å². The number of rotatable bonds is 4. The smallest absolute Gasteiger partial charge is 0.147 e. The van der Waals surface area contributed by atoms with Gasteiger partial charge in [0, 0.05) is 17.6 Å². The molecule has 0 aliphatic heterocycles. The van der Waals surface area contributed by atoms with Crippen LogP contribution in [0.15, 0.2) is 42.5 Å². The zero-order valence-corrected chi connectivity index (χ0v) is 13.9. The van der Waals surface area contributed by atoms with Crippen LogP contribution in [0.3, 0.4) is 0 Å². The Morgan fingerprint density at radius 3 is 2.33 bits per heavy atom. The molecule has 21 heavy (non-hydrogen) atoms. The van der Waals surface area contributed by atoms with Gasteiger partial charge in [-0.15, -0.1) is 0 Å². The van der Waals surface area contributed by atoms with Gasteiger partial charge >= 0.3 is 0 Å². The molecular weight excluding hydrogens is 305 g/mol. The summed E-state index contributed by atoms with van der Waals surface area (Å²) in [6.07, 6.45) is 0. The van der Waals surface area contributed by atoms with Crippen molar-refractivity contribution < 1.29 is 4.74 Å². The Morgan fingerprint density at radius 1 is 0.952 bits per heavy atom. The molecular formula is C17H19Cl2NO. The summed E-state index contributed by atoms with van der Waals surface area (Å²) < 4.78 is 5.93. The number of hydrogen-bond donors (Lipinski definition) is 1. The van der Waals surface area contributed by atoms with Crippen molar-refractivity contribution in [2.75, 3.05) is 0 Å². The van der Waals surface area contributed by atoms with Crippen LogP contribution in [0.2, 0.25) is 10.0 Å². The van der Waals surface area contributed by atoms with Crippen LogP contribution in [0.5, 0.6) is 11.5 Å². The van der Waals surface area contributed by atoms with Gasteiger partial charge in [-0.25, -0.2) is 0 Å².